The van der Waals surface area contributed by atoms with E-state index in [9.17, 15) is 0 Å². The molecular weight excluding hydrogens is 164 g/mol. The van der Waals surface area contributed by atoms with Gasteiger partial charge < -0.3 is 0 Å². The van der Waals surface area contributed by atoms with E-state index < -0.39 is 0 Å². The minimum Gasteiger partial charge on any atom is -0.179 e. The van der Waals surface area contributed by atoms with E-state index in [1.165, 1.54) is 19.3 Å². The average Bonchev–Trinajstić information content (AvgIpc) is 2.05. The van der Waals surface area contributed by atoms with Gasteiger partial charge in [0.05, 0.1) is 0 Å². The predicted molar refractivity (Wildman–Crippen MR) is 56.5 cm³/mol. The van der Waals surface area contributed by atoms with Gasteiger partial charge in [-0.05, 0) is 42.3 Å². The fraction of sp³-hybridized carbons (Fsp3) is 0.818. The normalized spacial score (nSPS) is 37.1. The number of rotatable bonds is 2. The van der Waals surface area contributed by atoms with Gasteiger partial charge in [0.25, 0.3) is 0 Å². The van der Waals surface area contributed by atoms with Gasteiger partial charge in [0.2, 0.25) is 0 Å². The summed E-state index contributed by atoms with van der Waals surface area (Å²) in [5, 5.41) is 0. The second kappa shape index (κ2) is 2.80. The Morgan fingerprint density at radius 3 is 2.83 bits per heavy atom. The molecule has 2 unspecified atom stereocenters. The second-order valence-corrected chi connectivity index (χ2v) is 5.24. The molecule has 0 aromatic heterocycles. The third-order valence-corrected chi connectivity index (χ3v) is 4.21. The summed E-state index contributed by atoms with van der Waals surface area (Å²) in [5.41, 5.74) is 2.30. The van der Waals surface area contributed by atoms with Crippen molar-refractivity contribution in [2.24, 2.45) is 17.3 Å². The maximum atomic E-state index is 4.30. The third-order valence-electron chi connectivity index (χ3n) is 3.98. The maximum Gasteiger partial charge on any atom is -0.00605 e. The minimum absolute atomic E-state index is 0.604. The Kier molecular flexibility index (Phi) is 2.02. The summed E-state index contributed by atoms with van der Waals surface area (Å²) in [6.07, 6.45) is 6.46. The maximum absolute atomic E-state index is 4.30. The van der Waals surface area contributed by atoms with Gasteiger partial charge in [0.15, 0.2) is 0 Å². The Morgan fingerprint density at radius 1 is 1.58 bits per heavy atom. The van der Waals surface area contributed by atoms with Crippen LogP contribution in [0.3, 0.4) is 0 Å². The van der Waals surface area contributed by atoms with Crippen molar-refractivity contribution >= 4 is 12.6 Å². The topological polar surface area (TPSA) is 0 Å². The highest BCUT2D eigenvalue weighted by Gasteiger charge is 2.50. The van der Waals surface area contributed by atoms with Crippen molar-refractivity contribution in [3.8, 4) is 0 Å². The number of hydrogen-bond donors (Lipinski definition) is 1. The first kappa shape index (κ1) is 8.68. The fourth-order valence-electron chi connectivity index (χ4n) is 2.89. The molecular formula is C11H18S. The van der Waals surface area contributed by atoms with Gasteiger partial charge in [-0.2, -0.15) is 12.6 Å². The molecule has 2 atom stereocenters. The molecule has 0 N–H and O–H groups in total. The van der Waals surface area contributed by atoms with Gasteiger partial charge in [0, 0.05) is 0 Å². The van der Waals surface area contributed by atoms with E-state index in [4.69, 9.17) is 0 Å². The van der Waals surface area contributed by atoms with Crippen molar-refractivity contribution in [3.05, 3.63) is 11.6 Å². The first-order valence-electron chi connectivity index (χ1n) is 4.96. The van der Waals surface area contributed by atoms with Crippen LogP contribution in [0.25, 0.3) is 0 Å². The Bertz CT molecular complexity index is 215. The van der Waals surface area contributed by atoms with Gasteiger partial charge in [-0.25, -0.2) is 0 Å². The largest absolute Gasteiger partial charge is 0.179 e. The standard InChI is InChI=1S/C11H18S/c1-11(2)9-4-3-8(5-6-12)10(11)7-9/h3,9-10,12H,4-7H2,1-2H3. The van der Waals surface area contributed by atoms with Gasteiger partial charge in [-0.1, -0.05) is 25.5 Å². The van der Waals surface area contributed by atoms with Crippen LogP contribution in [0, 0.1) is 17.3 Å². The molecule has 0 nitrogen and oxygen atoms in total. The van der Waals surface area contributed by atoms with E-state index in [1.807, 2.05) is 0 Å². The zero-order valence-corrected chi connectivity index (χ0v) is 8.90. The zero-order valence-electron chi connectivity index (χ0n) is 8.01. The van der Waals surface area contributed by atoms with Gasteiger partial charge >= 0.3 is 0 Å². The number of fused-ring (bicyclic) bond motifs is 1. The van der Waals surface area contributed by atoms with Crippen molar-refractivity contribution < 1.29 is 0 Å². The van der Waals surface area contributed by atoms with Crippen molar-refractivity contribution in [1.29, 1.82) is 0 Å². The van der Waals surface area contributed by atoms with Crippen LogP contribution in [0.2, 0.25) is 0 Å². The molecule has 68 valence electrons. The van der Waals surface area contributed by atoms with Crippen LogP contribution in [-0.4, -0.2) is 5.75 Å². The molecule has 0 radical (unpaired) electrons. The zero-order chi connectivity index (χ0) is 8.77. The molecule has 3 aliphatic rings. The van der Waals surface area contributed by atoms with E-state index in [-0.39, 0.29) is 0 Å². The Morgan fingerprint density at radius 2 is 2.33 bits per heavy atom. The first-order chi connectivity index (χ1) is 5.66. The molecule has 1 saturated carbocycles. The molecule has 1 fully saturated rings. The number of hydrogen-bond acceptors (Lipinski definition) is 1. The van der Waals surface area contributed by atoms with Crippen LogP contribution in [0.5, 0.6) is 0 Å². The predicted octanol–water partition coefficient (Wildman–Crippen LogP) is 3.30. The summed E-state index contributed by atoms with van der Waals surface area (Å²) < 4.78 is 0. The van der Waals surface area contributed by atoms with Gasteiger partial charge in [-0.3, -0.25) is 0 Å². The summed E-state index contributed by atoms with van der Waals surface area (Å²) in [5.74, 6) is 2.89. The van der Waals surface area contributed by atoms with Crippen molar-refractivity contribution in [3.63, 3.8) is 0 Å². The van der Waals surface area contributed by atoms with Gasteiger partial charge in [0.1, 0.15) is 0 Å². The molecule has 1 heteroatoms. The molecule has 0 amide bonds. The van der Waals surface area contributed by atoms with Crippen molar-refractivity contribution in [2.75, 3.05) is 5.75 Å². The average molecular weight is 182 g/mol. The third kappa shape index (κ3) is 1.06. The molecule has 0 aliphatic heterocycles. The van der Waals surface area contributed by atoms with E-state index in [1.54, 1.807) is 5.57 Å². The number of allylic oxidation sites excluding steroid dienone is 2. The Labute approximate surface area is 80.8 Å². The molecule has 3 aliphatic carbocycles. The van der Waals surface area contributed by atoms with E-state index in [0.29, 0.717) is 5.41 Å². The highest BCUT2D eigenvalue weighted by molar-refractivity contribution is 7.80. The summed E-state index contributed by atoms with van der Waals surface area (Å²) >= 11 is 4.30. The highest BCUT2D eigenvalue weighted by Crippen LogP contribution is 2.59. The van der Waals surface area contributed by atoms with Crippen molar-refractivity contribution in [2.45, 2.75) is 33.1 Å². The fourth-order valence-corrected chi connectivity index (χ4v) is 3.14. The van der Waals surface area contributed by atoms with Crippen LogP contribution in [0.4, 0.5) is 0 Å². The minimum atomic E-state index is 0.604. The van der Waals surface area contributed by atoms with Gasteiger partial charge in [-0.15, -0.1) is 0 Å². The highest BCUT2D eigenvalue weighted by atomic mass is 32.1. The molecule has 0 saturated heterocycles. The molecule has 0 heterocycles. The molecule has 0 aromatic rings. The number of thiol groups is 1. The van der Waals surface area contributed by atoms with E-state index in [0.717, 1.165) is 17.6 Å². The summed E-state index contributed by atoms with van der Waals surface area (Å²) in [7, 11) is 0. The second-order valence-electron chi connectivity index (χ2n) is 4.79. The SMILES string of the molecule is CC1(C)C2CC=C(CCS)C1C2. The summed E-state index contributed by atoms with van der Waals surface area (Å²) in [6.45, 7) is 4.86. The molecule has 0 spiro atoms. The molecule has 0 aromatic carbocycles. The lowest BCUT2D eigenvalue weighted by atomic mass is 9.48. The van der Waals surface area contributed by atoms with Crippen LogP contribution in [0.15, 0.2) is 11.6 Å². The Hall–Kier alpha value is 0.0900. The van der Waals surface area contributed by atoms with E-state index >= 15 is 0 Å². The summed E-state index contributed by atoms with van der Waals surface area (Å²) in [4.78, 5) is 0. The lowest BCUT2D eigenvalue weighted by Crippen LogP contribution is -2.48. The van der Waals surface area contributed by atoms with Crippen LogP contribution < -0.4 is 0 Å². The van der Waals surface area contributed by atoms with Crippen LogP contribution >= 0.6 is 12.6 Å². The Balaban J connectivity index is 2.13. The van der Waals surface area contributed by atoms with E-state index in [2.05, 4.69) is 32.6 Å². The smallest absolute Gasteiger partial charge is 0.00605 e. The molecule has 3 rings (SSSR count). The first-order valence-corrected chi connectivity index (χ1v) is 5.59. The monoisotopic (exact) mass is 182 g/mol. The molecule has 12 heavy (non-hydrogen) atoms. The van der Waals surface area contributed by atoms with Crippen LogP contribution in [0.1, 0.15) is 33.1 Å². The van der Waals surface area contributed by atoms with Crippen molar-refractivity contribution in [1.82, 2.24) is 0 Å². The lowest BCUT2D eigenvalue weighted by Gasteiger charge is -2.56. The lowest BCUT2D eigenvalue weighted by molar-refractivity contribution is -0.00766. The van der Waals surface area contributed by atoms with Crippen LogP contribution in [-0.2, 0) is 0 Å². The quantitative estimate of drug-likeness (QED) is 0.491. The molecule has 2 bridgehead atoms. The summed E-state index contributed by atoms with van der Waals surface area (Å²) in [6, 6.07) is 0.